The number of halogens is 3. The lowest BCUT2D eigenvalue weighted by Gasteiger charge is -2.50. The molecular formula is C28H32F3N3O8. The first-order chi connectivity index (χ1) is 19.5. The van der Waals surface area contributed by atoms with Crippen LogP contribution in [0.4, 0.5) is 13.2 Å². The second kappa shape index (κ2) is 10.1. The number of rotatable bonds is 5. The molecule has 42 heavy (non-hydrogen) atoms. The standard InChI is InChI=1S/C28H32F3N3O8/c1-33(2)21-15-7-11-6-14-18(22(36)17(11)24(38)27(15,41)25(39)19(23(21)37)26(32)40)16(35)8-12(20(14)28(29,30)31)9-34(3)13-4-5-42-10-13/h8,11,13,15,21,35-36,39,41H,4-7,9-10H2,1-3H3,(H2,32,40)/t11-,13+,15-,21-,27-/m0/s1. The number of carbonyl (C=O) groups excluding carboxylic acids is 3. The minimum absolute atomic E-state index is 0.129. The fourth-order valence-corrected chi connectivity index (χ4v) is 7.13. The largest absolute Gasteiger partial charge is 0.508 e. The number of primary amides is 1. The second-order valence-corrected chi connectivity index (χ2v) is 11.7. The lowest BCUT2D eigenvalue weighted by Crippen LogP contribution is -2.65. The van der Waals surface area contributed by atoms with Gasteiger partial charge in [0.2, 0.25) is 5.78 Å². The van der Waals surface area contributed by atoms with Gasteiger partial charge in [0.1, 0.15) is 22.8 Å². The number of aliphatic hydroxyl groups excluding tert-OH is 2. The third-order valence-corrected chi connectivity index (χ3v) is 9.04. The van der Waals surface area contributed by atoms with Gasteiger partial charge in [0.05, 0.1) is 23.8 Å². The van der Waals surface area contributed by atoms with Gasteiger partial charge in [-0.3, -0.25) is 24.2 Å². The molecule has 4 aliphatic rings. The number of nitrogens with two attached hydrogens (primary N) is 1. The molecule has 1 amide bonds. The van der Waals surface area contributed by atoms with Gasteiger partial charge in [-0.15, -0.1) is 0 Å². The maximum Gasteiger partial charge on any atom is 0.417 e. The first-order valence-electron chi connectivity index (χ1n) is 13.4. The molecule has 0 radical (unpaired) electrons. The normalized spacial score (nSPS) is 29.7. The number of likely N-dealkylation sites (N-methyl/N-ethyl adjacent to an activating group) is 2. The number of aliphatic hydroxyl groups is 3. The number of hydrogen-bond donors (Lipinski definition) is 5. The minimum atomic E-state index is -4.90. The Kier molecular flexibility index (Phi) is 7.20. The van der Waals surface area contributed by atoms with Crippen molar-refractivity contribution in [2.45, 2.75) is 49.7 Å². The summed E-state index contributed by atoms with van der Waals surface area (Å²) in [7, 11) is 4.52. The summed E-state index contributed by atoms with van der Waals surface area (Å²) in [6, 6.07) is -0.568. The summed E-state index contributed by atoms with van der Waals surface area (Å²) < 4.78 is 49.4. The van der Waals surface area contributed by atoms with Gasteiger partial charge in [0, 0.05) is 30.7 Å². The number of aromatic hydroxyl groups is 1. The number of benzene rings is 1. The number of hydrogen-bond acceptors (Lipinski definition) is 10. The number of carbonyl (C=O) groups is 3. The number of Topliss-reactive ketones (excluding diaryl/α,β-unsaturated/α-hetero) is 2. The number of ether oxygens (including phenoxy) is 1. The molecule has 0 aromatic heterocycles. The fraction of sp³-hybridized carbons (Fsp3) is 0.536. The summed E-state index contributed by atoms with van der Waals surface area (Å²) in [5, 5.41) is 44.7. The molecule has 6 N–H and O–H groups in total. The van der Waals surface area contributed by atoms with Crippen LogP contribution in [0.1, 0.15) is 35.1 Å². The highest BCUT2D eigenvalue weighted by Gasteiger charge is 2.64. The summed E-state index contributed by atoms with van der Waals surface area (Å²) in [6.07, 6.45) is -5.04. The highest BCUT2D eigenvalue weighted by atomic mass is 19.4. The Balaban J connectivity index is 1.69. The highest BCUT2D eigenvalue weighted by Crippen LogP contribution is 2.54. The van der Waals surface area contributed by atoms with E-state index in [0.29, 0.717) is 19.6 Å². The summed E-state index contributed by atoms with van der Waals surface area (Å²) in [6.45, 7) is 0.642. The molecule has 228 valence electrons. The van der Waals surface area contributed by atoms with Crippen molar-refractivity contribution in [3.05, 3.63) is 45.2 Å². The molecule has 0 unspecified atom stereocenters. The van der Waals surface area contributed by atoms with E-state index < -0.39 is 98.7 Å². The van der Waals surface area contributed by atoms with E-state index in [1.807, 2.05) is 0 Å². The zero-order chi connectivity index (χ0) is 31.0. The second-order valence-electron chi connectivity index (χ2n) is 11.7. The van der Waals surface area contributed by atoms with E-state index in [0.717, 1.165) is 6.07 Å². The average Bonchev–Trinajstić information content (AvgIpc) is 3.40. The van der Waals surface area contributed by atoms with Crippen molar-refractivity contribution in [3.63, 3.8) is 0 Å². The number of alkyl halides is 3. The van der Waals surface area contributed by atoms with Gasteiger partial charge in [0.15, 0.2) is 11.4 Å². The number of fused-ring (bicyclic) bond motifs is 3. The molecule has 14 heteroatoms. The van der Waals surface area contributed by atoms with E-state index >= 15 is 0 Å². The van der Waals surface area contributed by atoms with Gasteiger partial charge in [-0.1, -0.05) is 0 Å². The average molecular weight is 596 g/mol. The highest BCUT2D eigenvalue weighted by molar-refractivity contribution is 6.24. The molecule has 1 heterocycles. The number of ketones is 2. The van der Waals surface area contributed by atoms with Crippen LogP contribution in [-0.4, -0.2) is 99.7 Å². The molecular weight excluding hydrogens is 563 g/mol. The van der Waals surface area contributed by atoms with Crippen LogP contribution in [0.25, 0.3) is 5.76 Å². The van der Waals surface area contributed by atoms with Gasteiger partial charge < -0.3 is 30.9 Å². The van der Waals surface area contributed by atoms with Crippen molar-refractivity contribution in [2.24, 2.45) is 17.6 Å². The molecule has 1 aromatic carbocycles. The van der Waals surface area contributed by atoms with Crippen molar-refractivity contribution in [1.82, 2.24) is 9.80 Å². The van der Waals surface area contributed by atoms with E-state index in [9.17, 15) is 48.0 Å². The number of phenols is 1. The Morgan fingerprint density at radius 3 is 2.40 bits per heavy atom. The van der Waals surface area contributed by atoms with Gasteiger partial charge in [-0.05, 0) is 63.5 Å². The van der Waals surface area contributed by atoms with Gasteiger partial charge in [-0.25, -0.2) is 0 Å². The van der Waals surface area contributed by atoms with Crippen molar-refractivity contribution in [3.8, 4) is 5.75 Å². The van der Waals surface area contributed by atoms with Gasteiger partial charge in [-0.2, -0.15) is 13.2 Å². The molecule has 5 rings (SSSR count). The van der Waals surface area contributed by atoms with E-state index in [2.05, 4.69) is 0 Å². The van der Waals surface area contributed by atoms with Crippen LogP contribution in [0.3, 0.4) is 0 Å². The van der Waals surface area contributed by atoms with E-state index in [1.165, 1.54) is 19.0 Å². The Morgan fingerprint density at radius 1 is 1.19 bits per heavy atom. The van der Waals surface area contributed by atoms with Crippen LogP contribution in [0, 0.1) is 11.8 Å². The number of phenolic OH excluding ortho intramolecular Hbond substituents is 1. The van der Waals surface area contributed by atoms with Crippen LogP contribution in [0.15, 0.2) is 23.0 Å². The molecule has 0 spiro atoms. The first kappa shape index (κ1) is 30.0. The third-order valence-electron chi connectivity index (χ3n) is 9.04. The zero-order valence-corrected chi connectivity index (χ0v) is 23.2. The zero-order valence-electron chi connectivity index (χ0n) is 23.2. The van der Waals surface area contributed by atoms with Crippen molar-refractivity contribution in [2.75, 3.05) is 34.4 Å². The Labute approximate surface area is 238 Å². The SMILES string of the molecule is CN(C)[C@@H]1C(=O)C(C(N)=O)=C(O)[C@@]2(O)C(=O)C3=C(O)c4c(O)cc(CN(C)[C@@H]5CCOC5)c(C(F)(F)F)c4C[C@H]3C[C@@H]12. The molecule has 2 fully saturated rings. The topological polar surface area (TPSA) is 174 Å². The minimum Gasteiger partial charge on any atom is -0.508 e. The molecule has 0 bridgehead atoms. The maximum atomic E-state index is 14.7. The molecule has 3 aliphatic carbocycles. The van der Waals surface area contributed by atoms with Crippen molar-refractivity contribution < 1.29 is 52.7 Å². The Morgan fingerprint density at radius 2 is 1.86 bits per heavy atom. The predicted octanol–water partition coefficient (Wildman–Crippen LogP) is 1.20. The lowest BCUT2D eigenvalue weighted by molar-refractivity contribution is -0.153. The Bertz CT molecular complexity index is 1450. The van der Waals surface area contributed by atoms with Crippen LogP contribution in [0.2, 0.25) is 0 Å². The monoisotopic (exact) mass is 595 g/mol. The Hall–Kier alpha value is -3.46. The van der Waals surface area contributed by atoms with Crippen LogP contribution in [0.5, 0.6) is 5.75 Å². The number of nitrogens with zero attached hydrogens (tertiary/aromatic N) is 2. The summed E-state index contributed by atoms with van der Waals surface area (Å²) in [5.74, 6) is -9.08. The lowest BCUT2D eigenvalue weighted by atomic mass is 9.57. The molecule has 1 saturated carbocycles. The quantitative estimate of drug-likeness (QED) is 0.311. The van der Waals surface area contributed by atoms with Crippen LogP contribution >= 0.6 is 0 Å². The summed E-state index contributed by atoms with van der Waals surface area (Å²) >= 11 is 0. The predicted molar refractivity (Wildman–Crippen MR) is 140 cm³/mol. The van der Waals surface area contributed by atoms with Crippen LogP contribution in [-0.2, 0) is 38.3 Å². The van der Waals surface area contributed by atoms with Gasteiger partial charge >= 0.3 is 6.18 Å². The molecule has 1 aliphatic heterocycles. The smallest absolute Gasteiger partial charge is 0.417 e. The fourth-order valence-electron chi connectivity index (χ4n) is 7.13. The molecule has 11 nitrogen and oxygen atoms in total. The molecule has 1 aromatic rings. The first-order valence-corrected chi connectivity index (χ1v) is 13.4. The van der Waals surface area contributed by atoms with Crippen LogP contribution < -0.4 is 5.73 Å². The van der Waals surface area contributed by atoms with Gasteiger partial charge in [0.25, 0.3) is 5.91 Å². The third kappa shape index (κ3) is 4.31. The van der Waals surface area contributed by atoms with Crippen molar-refractivity contribution in [1.29, 1.82) is 0 Å². The van der Waals surface area contributed by atoms with Crippen molar-refractivity contribution >= 4 is 23.2 Å². The number of amides is 1. The summed E-state index contributed by atoms with van der Waals surface area (Å²) in [5.41, 5.74) is -1.37. The molecule has 1 saturated heterocycles. The van der Waals surface area contributed by atoms with E-state index in [-0.39, 0.29) is 24.6 Å². The van der Waals surface area contributed by atoms with E-state index in [4.69, 9.17) is 10.5 Å². The summed E-state index contributed by atoms with van der Waals surface area (Å²) in [4.78, 5) is 42.2. The van der Waals surface area contributed by atoms with E-state index in [1.54, 1.807) is 11.9 Å². The maximum absolute atomic E-state index is 14.7. The molecule has 5 atom stereocenters.